The van der Waals surface area contributed by atoms with Gasteiger partial charge in [-0.3, -0.25) is 19.4 Å². The number of piperidine rings is 1. The summed E-state index contributed by atoms with van der Waals surface area (Å²) >= 11 is 0. The van der Waals surface area contributed by atoms with Gasteiger partial charge in [0.15, 0.2) is 0 Å². The van der Waals surface area contributed by atoms with Crippen molar-refractivity contribution in [3.05, 3.63) is 29.8 Å². The van der Waals surface area contributed by atoms with Crippen LogP contribution in [0.4, 0.5) is 18.9 Å². The zero-order valence-electron chi connectivity index (χ0n) is 15.3. The van der Waals surface area contributed by atoms with E-state index in [-0.39, 0.29) is 18.3 Å². The van der Waals surface area contributed by atoms with Gasteiger partial charge in [0.2, 0.25) is 5.91 Å². The molecule has 0 saturated carbocycles. The number of nitrogens with zero attached hydrogens (tertiary/aromatic N) is 2. The van der Waals surface area contributed by atoms with Gasteiger partial charge < -0.3 is 10.4 Å². The molecule has 2 N–H and O–H groups in total. The standard InChI is InChI=1S/C18H24F3N3O3/c1-12(24-9-7-13(8-10-24)23(2)11-16(25)26)17(27)22-15-6-4-3-5-14(15)18(19,20)21/h3-6,12-13H,7-11H2,1-2H3,(H,22,27)(H,25,26). The third kappa shape index (κ3) is 5.67. The second-order valence-electron chi connectivity index (χ2n) is 6.78. The van der Waals surface area contributed by atoms with Crippen molar-refractivity contribution in [2.75, 3.05) is 32.0 Å². The predicted molar refractivity (Wildman–Crippen MR) is 94.4 cm³/mol. The number of alkyl halides is 3. The summed E-state index contributed by atoms with van der Waals surface area (Å²) in [5.41, 5.74) is -1.13. The third-order valence-corrected chi connectivity index (χ3v) is 4.92. The molecule has 1 unspecified atom stereocenters. The Kier molecular flexibility index (Phi) is 6.83. The van der Waals surface area contributed by atoms with Crippen molar-refractivity contribution in [2.24, 2.45) is 0 Å². The quantitative estimate of drug-likeness (QED) is 0.785. The number of carbonyl (C=O) groups is 2. The normalized spacial score (nSPS) is 17.7. The molecule has 9 heteroatoms. The Morgan fingerprint density at radius 1 is 1.30 bits per heavy atom. The summed E-state index contributed by atoms with van der Waals surface area (Å²) in [5, 5.41) is 11.2. The summed E-state index contributed by atoms with van der Waals surface area (Å²) in [7, 11) is 1.75. The van der Waals surface area contributed by atoms with Crippen molar-refractivity contribution in [3.63, 3.8) is 0 Å². The van der Waals surface area contributed by atoms with Crippen molar-refractivity contribution in [2.45, 2.75) is 38.0 Å². The number of carbonyl (C=O) groups excluding carboxylic acids is 1. The molecule has 1 aromatic carbocycles. The lowest BCUT2D eigenvalue weighted by Crippen LogP contribution is -2.50. The maximum absolute atomic E-state index is 13.1. The summed E-state index contributed by atoms with van der Waals surface area (Å²) in [6, 6.07) is 4.42. The van der Waals surface area contributed by atoms with Gasteiger partial charge in [0.1, 0.15) is 0 Å². The van der Waals surface area contributed by atoms with Crippen LogP contribution >= 0.6 is 0 Å². The molecule has 1 aliphatic heterocycles. The van der Waals surface area contributed by atoms with Gasteiger partial charge in [-0.1, -0.05) is 12.1 Å². The average molecular weight is 387 g/mol. The highest BCUT2D eigenvalue weighted by Crippen LogP contribution is 2.34. The minimum absolute atomic E-state index is 0.0467. The fraction of sp³-hybridized carbons (Fsp3) is 0.556. The van der Waals surface area contributed by atoms with Crippen LogP contribution in [0.3, 0.4) is 0 Å². The zero-order chi connectivity index (χ0) is 20.2. The topological polar surface area (TPSA) is 72.9 Å². The molecule has 0 radical (unpaired) electrons. The third-order valence-electron chi connectivity index (χ3n) is 4.92. The lowest BCUT2D eigenvalue weighted by Gasteiger charge is -2.38. The highest BCUT2D eigenvalue weighted by molar-refractivity contribution is 5.95. The van der Waals surface area contributed by atoms with E-state index in [1.807, 2.05) is 4.90 Å². The number of likely N-dealkylation sites (tertiary alicyclic amines) is 1. The lowest BCUT2D eigenvalue weighted by molar-refractivity contribution is -0.139. The number of benzene rings is 1. The minimum atomic E-state index is -4.54. The fourth-order valence-corrected chi connectivity index (χ4v) is 3.30. The molecule has 0 aromatic heterocycles. The number of halogens is 3. The molecule has 0 bridgehead atoms. The Morgan fingerprint density at radius 2 is 1.89 bits per heavy atom. The first-order valence-corrected chi connectivity index (χ1v) is 8.72. The van der Waals surface area contributed by atoms with Crippen LogP contribution in [0.5, 0.6) is 0 Å². The van der Waals surface area contributed by atoms with Crippen LogP contribution in [0.1, 0.15) is 25.3 Å². The Labute approximate surface area is 155 Å². The number of anilines is 1. The SMILES string of the molecule is CC(C(=O)Nc1ccccc1C(F)(F)F)N1CCC(N(C)CC(=O)O)CC1. The molecule has 2 rings (SSSR count). The van der Waals surface area contributed by atoms with E-state index in [2.05, 4.69) is 5.32 Å². The first-order chi connectivity index (χ1) is 12.6. The van der Waals surface area contributed by atoms with Gasteiger partial charge in [0, 0.05) is 19.1 Å². The van der Waals surface area contributed by atoms with Gasteiger partial charge in [0.05, 0.1) is 23.8 Å². The molecule has 1 amide bonds. The summed E-state index contributed by atoms with van der Waals surface area (Å²) in [4.78, 5) is 26.9. The number of nitrogens with one attached hydrogen (secondary N) is 1. The molecular formula is C18H24F3N3O3. The molecule has 1 saturated heterocycles. The number of likely N-dealkylation sites (N-methyl/N-ethyl adjacent to an activating group) is 1. The second-order valence-corrected chi connectivity index (χ2v) is 6.78. The number of carboxylic acids is 1. The summed E-state index contributed by atoms with van der Waals surface area (Å²) in [5.74, 6) is -1.39. The molecule has 27 heavy (non-hydrogen) atoms. The monoisotopic (exact) mass is 387 g/mol. The molecule has 1 aromatic rings. The Balaban J connectivity index is 1.95. The van der Waals surface area contributed by atoms with Gasteiger partial charge in [-0.25, -0.2) is 0 Å². The van der Waals surface area contributed by atoms with Crippen LogP contribution in [0.2, 0.25) is 0 Å². The number of hydrogen-bond donors (Lipinski definition) is 2. The maximum Gasteiger partial charge on any atom is 0.418 e. The number of aliphatic carboxylic acids is 1. The van der Waals surface area contributed by atoms with Crippen molar-refractivity contribution >= 4 is 17.6 Å². The molecule has 6 nitrogen and oxygen atoms in total. The molecule has 0 aliphatic carbocycles. The number of hydrogen-bond acceptors (Lipinski definition) is 4. The number of para-hydroxylation sites is 1. The molecule has 1 heterocycles. The maximum atomic E-state index is 13.1. The molecular weight excluding hydrogens is 363 g/mol. The number of rotatable bonds is 6. The smallest absolute Gasteiger partial charge is 0.418 e. The van der Waals surface area contributed by atoms with Gasteiger partial charge in [0.25, 0.3) is 0 Å². The molecule has 0 spiro atoms. The fourth-order valence-electron chi connectivity index (χ4n) is 3.30. The summed E-state index contributed by atoms with van der Waals surface area (Å²) in [6.07, 6.45) is -3.15. The van der Waals surface area contributed by atoms with Gasteiger partial charge in [-0.15, -0.1) is 0 Å². The van der Waals surface area contributed by atoms with Crippen LogP contribution in [0.25, 0.3) is 0 Å². The van der Waals surface area contributed by atoms with Crippen LogP contribution < -0.4 is 5.32 Å². The van der Waals surface area contributed by atoms with E-state index in [0.29, 0.717) is 25.9 Å². The van der Waals surface area contributed by atoms with E-state index in [1.165, 1.54) is 18.2 Å². The summed E-state index contributed by atoms with van der Waals surface area (Å²) < 4.78 is 39.2. The average Bonchev–Trinajstić information content (AvgIpc) is 2.60. The second kappa shape index (κ2) is 8.71. The Bertz CT molecular complexity index is 673. The predicted octanol–water partition coefficient (Wildman–Crippen LogP) is 2.51. The van der Waals surface area contributed by atoms with E-state index in [0.717, 1.165) is 6.07 Å². The lowest BCUT2D eigenvalue weighted by atomic mass is 10.0. The van der Waals surface area contributed by atoms with Crippen molar-refractivity contribution in [1.82, 2.24) is 9.80 Å². The zero-order valence-corrected chi connectivity index (χ0v) is 15.3. The van der Waals surface area contributed by atoms with Crippen LogP contribution in [0.15, 0.2) is 24.3 Å². The van der Waals surface area contributed by atoms with E-state index in [1.54, 1.807) is 18.9 Å². The van der Waals surface area contributed by atoms with Crippen molar-refractivity contribution in [3.8, 4) is 0 Å². The molecule has 1 aliphatic rings. The molecule has 1 atom stereocenters. The van der Waals surface area contributed by atoms with Crippen molar-refractivity contribution in [1.29, 1.82) is 0 Å². The van der Waals surface area contributed by atoms with E-state index in [9.17, 15) is 22.8 Å². The van der Waals surface area contributed by atoms with Gasteiger partial charge in [-0.05, 0) is 38.9 Å². The van der Waals surface area contributed by atoms with Crippen LogP contribution in [-0.2, 0) is 15.8 Å². The Hall–Kier alpha value is -2.13. The van der Waals surface area contributed by atoms with Crippen molar-refractivity contribution < 1.29 is 27.9 Å². The first-order valence-electron chi connectivity index (χ1n) is 8.72. The minimum Gasteiger partial charge on any atom is -0.480 e. The van der Waals surface area contributed by atoms with E-state index >= 15 is 0 Å². The highest BCUT2D eigenvalue weighted by Gasteiger charge is 2.34. The van der Waals surface area contributed by atoms with Gasteiger partial charge in [-0.2, -0.15) is 13.2 Å². The first kappa shape index (κ1) is 21.2. The molecule has 1 fully saturated rings. The van der Waals surface area contributed by atoms with Crippen LogP contribution in [-0.4, -0.2) is 65.5 Å². The summed E-state index contributed by atoms with van der Waals surface area (Å²) in [6.45, 7) is 2.76. The van der Waals surface area contributed by atoms with Gasteiger partial charge >= 0.3 is 12.1 Å². The van der Waals surface area contributed by atoms with Crippen LogP contribution in [0, 0.1) is 0 Å². The highest BCUT2D eigenvalue weighted by atomic mass is 19.4. The van der Waals surface area contributed by atoms with E-state index < -0.39 is 29.7 Å². The number of amides is 1. The molecule has 150 valence electrons. The number of carboxylic acid groups (broad SMARTS) is 1. The van der Waals surface area contributed by atoms with E-state index in [4.69, 9.17) is 5.11 Å². The Morgan fingerprint density at radius 3 is 2.44 bits per heavy atom. The largest absolute Gasteiger partial charge is 0.480 e.